The summed E-state index contributed by atoms with van der Waals surface area (Å²) in [5.74, 6) is -1.49. The molecule has 3 rings (SSSR count). The first-order valence-electron chi connectivity index (χ1n) is 7.31. The standard InChI is InChI=1S/C14H14F5N5/c15-10-2-1-3-11(16)13(10)9-4-5-23(6-9)7-12-20-21-22-24(12)8-14(17,18)19/h1-3,9H,4-8H2/t9-/m1/s1. The minimum atomic E-state index is -4.42. The number of nitrogens with zero attached hydrogens (tertiary/aromatic N) is 5. The van der Waals surface area contributed by atoms with E-state index >= 15 is 0 Å². The lowest BCUT2D eigenvalue weighted by atomic mass is 9.97. The number of hydrogen-bond acceptors (Lipinski definition) is 4. The van der Waals surface area contributed by atoms with E-state index in [9.17, 15) is 22.0 Å². The molecule has 0 radical (unpaired) electrons. The molecule has 0 bridgehead atoms. The van der Waals surface area contributed by atoms with Crippen molar-refractivity contribution in [1.29, 1.82) is 0 Å². The summed E-state index contributed by atoms with van der Waals surface area (Å²) in [5, 5.41) is 10.2. The highest BCUT2D eigenvalue weighted by Crippen LogP contribution is 2.31. The molecule has 130 valence electrons. The van der Waals surface area contributed by atoms with Gasteiger partial charge in [0.15, 0.2) is 5.82 Å². The molecular weight excluding hydrogens is 333 g/mol. The molecule has 0 unspecified atom stereocenters. The number of aromatic nitrogens is 4. The predicted octanol–water partition coefficient (Wildman–Crippen LogP) is 2.50. The first kappa shape index (κ1) is 16.7. The van der Waals surface area contributed by atoms with Crippen LogP contribution in [0.2, 0.25) is 0 Å². The van der Waals surface area contributed by atoms with Gasteiger partial charge in [0.05, 0.1) is 6.54 Å². The van der Waals surface area contributed by atoms with E-state index in [0.717, 1.165) is 0 Å². The van der Waals surface area contributed by atoms with Crippen LogP contribution >= 0.6 is 0 Å². The maximum Gasteiger partial charge on any atom is 0.408 e. The van der Waals surface area contributed by atoms with E-state index < -0.39 is 24.4 Å². The SMILES string of the molecule is Fc1cccc(F)c1[C@@H]1CCN(Cc2nnnn2CC(F)(F)F)C1. The number of hydrogen-bond donors (Lipinski definition) is 0. The molecule has 0 aliphatic carbocycles. The largest absolute Gasteiger partial charge is 0.408 e. The summed E-state index contributed by atoms with van der Waals surface area (Å²) >= 11 is 0. The van der Waals surface area contributed by atoms with Crippen LogP contribution in [0.5, 0.6) is 0 Å². The zero-order valence-electron chi connectivity index (χ0n) is 12.5. The number of tetrazole rings is 1. The zero-order chi connectivity index (χ0) is 17.3. The number of rotatable bonds is 4. The third-order valence-electron chi connectivity index (χ3n) is 3.98. The van der Waals surface area contributed by atoms with Crippen LogP contribution < -0.4 is 0 Å². The van der Waals surface area contributed by atoms with E-state index in [1.54, 1.807) is 4.90 Å². The molecule has 0 N–H and O–H groups in total. The second-order valence-electron chi connectivity index (χ2n) is 5.72. The zero-order valence-corrected chi connectivity index (χ0v) is 12.5. The van der Waals surface area contributed by atoms with Gasteiger partial charge in [0.25, 0.3) is 0 Å². The minimum Gasteiger partial charge on any atom is -0.295 e. The predicted molar refractivity (Wildman–Crippen MR) is 72.9 cm³/mol. The van der Waals surface area contributed by atoms with Crippen molar-refractivity contribution in [2.45, 2.75) is 31.6 Å². The highest BCUT2D eigenvalue weighted by Gasteiger charge is 2.32. The highest BCUT2D eigenvalue weighted by molar-refractivity contribution is 5.25. The molecule has 0 amide bonds. The van der Waals surface area contributed by atoms with Crippen molar-refractivity contribution in [3.05, 3.63) is 41.2 Å². The molecule has 24 heavy (non-hydrogen) atoms. The summed E-state index contributed by atoms with van der Waals surface area (Å²) in [6, 6.07) is 3.70. The average molecular weight is 347 g/mol. The molecule has 1 aromatic heterocycles. The normalized spacial score (nSPS) is 19.1. The Balaban J connectivity index is 1.68. The van der Waals surface area contributed by atoms with Crippen LogP contribution in [0.15, 0.2) is 18.2 Å². The van der Waals surface area contributed by atoms with Gasteiger partial charge in [-0.15, -0.1) is 5.10 Å². The Morgan fingerprint density at radius 3 is 2.54 bits per heavy atom. The summed E-state index contributed by atoms with van der Waals surface area (Å²) in [6.45, 7) is -0.349. The van der Waals surface area contributed by atoms with Gasteiger partial charge >= 0.3 is 6.18 Å². The molecule has 2 heterocycles. The summed E-state index contributed by atoms with van der Waals surface area (Å²) in [5.41, 5.74) is 0.0230. The van der Waals surface area contributed by atoms with Crippen molar-refractivity contribution < 1.29 is 22.0 Å². The van der Waals surface area contributed by atoms with Gasteiger partial charge < -0.3 is 0 Å². The van der Waals surface area contributed by atoms with E-state index in [0.29, 0.717) is 24.2 Å². The summed E-state index contributed by atoms with van der Waals surface area (Å²) in [7, 11) is 0. The van der Waals surface area contributed by atoms with E-state index in [1.165, 1.54) is 18.2 Å². The molecule has 1 fully saturated rings. The molecule has 10 heteroatoms. The Hall–Kier alpha value is -2.10. The van der Waals surface area contributed by atoms with Gasteiger partial charge in [0.2, 0.25) is 0 Å². The van der Waals surface area contributed by atoms with Crippen LogP contribution in [0.3, 0.4) is 0 Å². The molecule has 0 saturated carbocycles. The quantitative estimate of drug-likeness (QED) is 0.798. The monoisotopic (exact) mass is 347 g/mol. The topological polar surface area (TPSA) is 46.8 Å². The summed E-state index contributed by atoms with van der Waals surface area (Å²) < 4.78 is 65.8. The lowest BCUT2D eigenvalue weighted by Crippen LogP contribution is -2.26. The van der Waals surface area contributed by atoms with Gasteiger partial charge in [0, 0.05) is 18.0 Å². The van der Waals surface area contributed by atoms with Gasteiger partial charge in [-0.05, 0) is 35.5 Å². The van der Waals surface area contributed by atoms with Gasteiger partial charge in [0.1, 0.15) is 18.2 Å². The third-order valence-corrected chi connectivity index (χ3v) is 3.98. The Bertz CT molecular complexity index is 694. The number of halogens is 5. The molecule has 2 aromatic rings. The van der Waals surface area contributed by atoms with Crippen LogP contribution in [0, 0.1) is 11.6 Å². The molecule has 1 aromatic carbocycles. The average Bonchev–Trinajstić information content (AvgIpc) is 3.08. The van der Waals surface area contributed by atoms with Crippen LogP contribution in [0.25, 0.3) is 0 Å². The Morgan fingerprint density at radius 2 is 1.88 bits per heavy atom. The van der Waals surface area contributed by atoms with Crippen molar-refractivity contribution in [3.63, 3.8) is 0 Å². The maximum atomic E-state index is 13.8. The Morgan fingerprint density at radius 1 is 1.17 bits per heavy atom. The molecular formula is C14H14F5N5. The second kappa shape index (κ2) is 6.42. The maximum absolute atomic E-state index is 13.8. The number of likely N-dealkylation sites (tertiary alicyclic amines) is 1. The minimum absolute atomic E-state index is 0.0230. The molecule has 5 nitrogen and oxygen atoms in total. The van der Waals surface area contributed by atoms with Crippen molar-refractivity contribution in [1.82, 2.24) is 25.1 Å². The highest BCUT2D eigenvalue weighted by atomic mass is 19.4. The van der Waals surface area contributed by atoms with Crippen LogP contribution in [0.4, 0.5) is 22.0 Å². The fraction of sp³-hybridized carbons (Fsp3) is 0.500. The van der Waals surface area contributed by atoms with Crippen LogP contribution in [-0.2, 0) is 13.1 Å². The molecule has 1 aliphatic heterocycles. The van der Waals surface area contributed by atoms with E-state index in [2.05, 4.69) is 15.5 Å². The van der Waals surface area contributed by atoms with Crippen molar-refractivity contribution >= 4 is 0 Å². The fourth-order valence-corrected chi connectivity index (χ4v) is 2.94. The van der Waals surface area contributed by atoms with E-state index in [1.807, 2.05) is 0 Å². The Labute approximate surface area is 134 Å². The van der Waals surface area contributed by atoms with Crippen LogP contribution in [-0.4, -0.2) is 44.4 Å². The second-order valence-corrected chi connectivity index (χ2v) is 5.72. The molecule has 0 spiro atoms. The van der Waals surface area contributed by atoms with Crippen molar-refractivity contribution in [2.75, 3.05) is 13.1 Å². The molecule has 1 atom stereocenters. The Kier molecular flexibility index (Phi) is 4.48. The summed E-state index contributed by atoms with van der Waals surface area (Å²) in [6.07, 6.45) is -3.91. The molecule has 1 aliphatic rings. The third kappa shape index (κ3) is 3.69. The smallest absolute Gasteiger partial charge is 0.295 e. The van der Waals surface area contributed by atoms with Gasteiger partial charge in [-0.1, -0.05) is 6.07 Å². The van der Waals surface area contributed by atoms with Crippen molar-refractivity contribution in [3.8, 4) is 0 Å². The number of alkyl halides is 3. The first-order chi connectivity index (χ1) is 11.3. The van der Waals surface area contributed by atoms with Gasteiger partial charge in [-0.25, -0.2) is 13.5 Å². The lowest BCUT2D eigenvalue weighted by molar-refractivity contribution is -0.143. The number of benzene rings is 1. The van der Waals surface area contributed by atoms with Crippen LogP contribution in [0.1, 0.15) is 23.7 Å². The van der Waals surface area contributed by atoms with Crippen molar-refractivity contribution in [2.24, 2.45) is 0 Å². The fourth-order valence-electron chi connectivity index (χ4n) is 2.94. The molecule has 1 saturated heterocycles. The first-order valence-corrected chi connectivity index (χ1v) is 7.31. The van der Waals surface area contributed by atoms with E-state index in [-0.39, 0.29) is 23.9 Å². The summed E-state index contributed by atoms with van der Waals surface area (Å²) in [4.78, 5) is 1.79. The van der Waals surface area contributed by atoms with E-state index in [4.69, 9.17) is 0 Å². The van der Waals surface area contributed by atoms with Gasteiger partial charge in [-0.3, -0.25) is 4.90 Å². The lowest BCUT2D eigenvalue weighted by Gasteiger charge is -2.16. The van der Waals surface area contributed by atoms with Gasteiger partial charge in [-0.2, -0.15) is 13.2 Å².